The van der Waals surface area contributed by atoms with Gasteiger partial charge in [-0.1, -0.05) is 42.0 Å². The van der Waals surface area contributed by atoms with Crippen LogP contribution in [0.15, 0.2) is 42.5 Å². The molecule has 0 aromatic heterocycles. The lowest BCUT2D eigenvalue weighted by molar-refractivity contribution is 0.0694. The number of rotatable bonds is 2. The predicted octanol–water partition coefficient (Wildman–Crippen LogP) is 3.07. The zero-order valence-corrected chi connectivity index (χ0v) is 9.34. The lowest BCUT2D eigenvalue weighted by atomic mass is 10.0. The number of aryl methyl sites for hydroxylation is 1. The Bertz CT molecular complexity index is 556. The Kier molecular flexibility index (Phi) is 2.83. The molecule has 0 spiro atoms. The van der Waals surface area contributed by atoms with E-state index in [-0.39, 0.29) is 11.3 Å². The van der Waals surface area contributed by atoms with Gasteiger partial charge in [0.05, 0.1) is 0 Å². The number of carboxylic acid groups (broad SMARTS) is 1. The summed E-state index contributed by atoms with van der Waals surface area (Å²) in [5.74, 6) is -1.32. The lowest BCUT2D eigenvalue weighted by Gasteiger charge is -2.07. The number of para-hydroxylation sites is 1. The van der Waals surface area contributed by atoms with Crippen LogP contribution in [0.3, 0.4) is 0 Å². The molecule has 3 heteroatoms. The van der Waals surface area contributed by atoms with Gasteiger partial charge in [0.1, 0.15) is 11.3 Å². The highest BCUT2D eigenvalue weighted by atomic mass is 16.4. The van der Waals surface area contributed by atoms with Gasteiger partial charge in [-0.25, -0.2) is 4.79 Å². The molecule has 0 radical (unpaired) electrons. The molecule has 0 saturated carbocycles. The molecule has 86 valence electrons. The Balaban J connectivity index is 2.56. The fourth-order valence-electron chi connectivity index (χ4n) is 1.68. The summed E-state index contributed by atoms with van der Waals surface area (Å²) >= 11 is 0. The number of carbonyl (C=O) groups is 1. The van der Waals surface area contributed by atoms with E-state index in [2.05, 4.69) is 0 Å². The minimum atomic E-state index is -1.13. The Hall–Kier alpha value is -2.29. The SMILES string of the molecule is Cc1ccc(-c2cccc(C(=O)O)c2O)cc1. The maximum atomic E-state index is 10.9. The molecule has 2 aromatic carbocycles. The number of aromatic carboxylic acids is 1. The van der Waals surface area contributed by atoms with E-state index in [9.17, 15) is 9.90 Å². The van der Waals surface area contributed by atoms with Gasteiger partial charge in [0.25, 0.3) is 0 Å². The van der Waals surface area contributed by atoms with E-state index >= 15 is 0 Å². The monoisotopic (exact) mass is 228 g/mol. The summed E-state index contributed by atoms with van der Waals surface area (Å²) in [5, 5.41) is 18.8. The molecule has 0 atom stereocenters. The van der Waals surface area contributed by atoms with E-state index in [0.29, 0.717) is 5.56 Å². The van der Waals surface area contributed by atoms with Crippen molar-refractivity contribution in [3.05, 3.63) is 53.6 Å². The second kappa shape index (κ2) is 4.29. The highest BCUT2D eigenvalue weighted by Gasteiger charge is 2.13. The third-order valence-corrected chi connectivity index (χ3v) is 2.63. The summed E-state index contributed by atoms with van der Waals surface area (Å²) < 4.78 is 0. The van der Waals surface area contributed by atoms with E-state index in [1.807, 2.05) is 31.2 Å². The second-order valence-corrected chi connectivity index (χ2v) is 3.87. The zero-order chi connectivity index (χ0) is 12.4. The summed E-state index contributed by atoms with van der Waals surface area (Å²) in [6.07, 6.45) is 0. The van der Waals surface area contributed by atoms with Crippen molar-refractivity contribution in [2.75, 3.05) is 0 Å². The molecule has 2 rings (SSSR count). The highest BCUT2D eigenvalue weighted by molar-refractivity contribution is 5.94. The topological polar surface area (TPSA) is 57.5 Å². The van der Waals surface area contributed by atoms with E-state index < -0.39 is 5.97 Å². The highest BCUT2D eigenvalue weighted by Crippen LogP contribution is 2.32. The molecule has 0 bridgehead atoms. The van der Waals surface area contributed by atoms with Crippen LogP contribution in [0.1, 0.15) is 15.9 Å². The summed E-state index contributed by atoms with van der Waals surface area (Å²) in [6, 6.07) is 12.3. The Morgan fingerprint density at radius 1 is 1.06 bits per heavy atom. The first-order valence-electron chi connectivity index (χ1n) is 5.22. The largest absolute Gasteiger partial charge is 0.506 e. The molecule has 0 amide bonds. The third kappa shape index (κ3) is 2.13. The number of hydrogen-bond acceptors (Lipinski definition) is 2. The maximum Gasteiger partial charge on any atom is 0.339 e. The van der Waals surface area contributed by atoms with Crippen molar-refractivity contribution in [2.24, 2.45) is 0 Å². The van der Waals surface area contributed by atoms with Gasteiger partial charge in [-0.05, 0) is 18.6 Å². The molecule has 0 aliphatic carbocycles. The summed E-state index contributed by atoms with van der Waals surface area (Å²) in [5.41, 5.74) is 2.37. The third-order valence-electron chi connectivity index (χ3n) is 2.63. The molecule has 17 heavy (non-hydrogen) atoms. The smallest absolute Gasteiger partial charge is 0.339 e. The Morgan fingerprint density at radius 3 is 2.29 bits per heavy atom. The molecule has 0 aliphatic rings. The fourth-order valence-corrected chi connectivity index (χ4v) is 1.68. The van der Waals surface area contributed by atoms with Gasteiger partial charge in [-0.3, -0.25) is 0 Å². The van der Waals surface area contributed by atoms with E-state index in [4.69, 9.17) is 5.11 Å². The van der Waals surface area contributed by atoms with Crippen LogP contribution in [0.5, 0.6) is 5.75 Å². The van der Waals surface area contributed by atoms with Gasteiger partial charge >= 0.3 is 5.97 Å². The van der Waals surface area contributed by atoms with E-state index in [1.165, 1.54) is 6.07 Å². The normalized spacial score (nSPS) is 10.2. The van der Waals surface area contributed by atoms with Crippen molar-refractivity contribution in [1.29, 1.82) is 0 Å². The van der Waals surface area contributed by atoms with Crippen molar-refractivity contribution < 1.29 is 15.0 Å². The van der Waals surface area contributed by atoms with E-state index in [1.54, 1.807) is 12.1 Å². The van der Waals surface area contributed by atoms with Crippen LogP contribution in [0.25, 0.3) is 11.1 Å². The molecule has 2 N–H and O–H groups in total. The van der Waals surface area contributed by atoms with Crippen LogP contribution in [0.4, 0.5) is 0 Å². The van der Waals surface area contributed by atoms with Crippen molar-refractivity contribution in [3.8, 4) is 16.9 Å². The first kappa shape index (κ1) is 11.2. The van der Waals surface area contributed by atoms with Crippen LogP contribution in [-0.4, -0.2) is 16.2 Å². The molecule has 0 unspecified atom stereocenters. The molecular formula is C14H12O3. The van der Waals surface area contributed by atoms with Crippen LogP contribution < -0.4 is 0 Å². The first-order valence-corrected chi connectivity index (χ1v) is 5.22. The molecule has 2 aromatic rings. The van der Waals surface area contributed by atoms with Gasteiger partial charge < -0.3 is 10.2 Å². The van der Waals surface area contributed by atoms with Crippen LogP contribution >= 0.6 is 0 Å². The number of carboxylic acids is 1. The quantitative estimate of drug-likeness (QED) is 0.830. The second-order valence-electron chi connectivity index (χ2n) is 3.87. The fraction of sp³-hybridized carbons (Fsp3) is 0.0714. The van der Waals surface area contributed by atoms with Crippen LogP contribution in [0.2, 0.25) is 0 Å². The average molecular weight is 228 g/mol. The summed E-state index contributed by atoms with van der Waals surface area (Å²) in [7, 11) is 0. The van der Waals surface area contributed by atoms with Gasteiger partial charge in [0.2, 0.25) is 0 Å². The molecule has 0 saturated heterocycles. The van der Waals surface area contributed by atoms with Crippen molar-refractivity contribution in [3.63, 3.8) is 0 Å². The molecular weight excluding hydrogens is 216 g/mol. The first-order chi connectivity index (χ1) is 8.09. The van der Waals surface area contributed by atoms with Gasteiger partial charge in [-0.15, -0.1) is 0 Å². The minimum Gasteiger partial charge on any atom is -0.506 e. The molecule has 0 fully saturated rings. The number of benzene rings is 2. The number of phenols is 1. The zero-order valence-electron chi connectivity index (χ0n) is 9.34. The van der Waals surface area contributed by atoms with Crippen LogP contribution in [0, 0.1) is 6.92 Å². The predicted molar refractivity (Wildman–Crippen MR) is 65.2 cm³/mol. The van der Waals surface area contributed by atoms with Gasteiger partial charge in [0, 0.05) is 5.56 Å². The maximum absolute atomic E-state index is 10.9. The van der Waals surface area contributed by atoms with Gasteiger partial charge in [0.15, 0.2) is 0 Å². The summed E-state index contributed by atoms with van der Waals surface area (Å²) in [4.78, 5) is 10.9. The molecule has 0 aliphatic heterocycles. The molecule has 3 nitrogen and oxygen atoms in total. The summed E-state index contributed by atoms with van der Waals surface area (Å²) in [6.45, 7) is 1.97. The van der Waals surface area contributed by atoms with Crippen molar-refractivity contribution in [1.82, 2.24) is 0 Å². The Morgan fingerprint density at radius 2 is 1.71 bits per heavy atom. The van der Waals surface area contributed by atoms with Crippen molar-refractivity contribution in [2.45, 2.75) is 6.92 Å². The standard InChI is InChI=1S/C14H12O3/c1-9-5-7-10(8-6-9)11-3-2-4-12(13(11)15)14(16)17/h2-8,15H,1H3,(H,16,17). The minimum absolute atomic E-state index is 0.0805. The molecule has 0 heterocycles. The number of hydrogen-bond donors (Lipinski definition) is 2. The lowest BCUT2D eigenvalue weighted by Crippen LogP contribution is -1.97. The van der Waals surface area contributed by atoms with E-state index in [0.717, 1.165) is 11.1 Å². The average Bonchev–Trinajstić information content (AvgIpc) is 2.30. The van der Waals surface area contributed by atoms with Crippen molar-refractivity contribution >= 4 is 5.97 Å². The van der Waals surface area contributed by atoms with Gasteiger partial charge in [-0.2, -0.15) is 0 Å². The Labute approximate surface area is 99.0 Å². The number of aromatic hydroxyl groups is 1. The van der Waals surface area contributed by atoms with Crippen LogP contribution in [-0.2, 0) is 0 Å².